The van der Waals surface area contributed by atoms with Gasteiger partial charge in [-0.25, -0.2) is 17.6 Å². The number of ether oxygens (including phenoxy) is 2. The van der Waals surface area contributed by atoms with E-state index in [1.807, 2.05) is 0 Å². The van der Waals surface area contributed by atoms with Crippen LogP contribution in [0.4, 0.5) is 4.39 Å². The summed E-state index contributed by atoms with van der Waals surface area (Å²) in [5.41, 5.74) is 0.377. The Morgan fingerprint density at radius 2 is 1.82 bits per heavy atom. The van der Waals surface area contributed by atoms with Crippen LogP contribution in [-0.2, 0) is 35.6 Å². The fraction of sp³-hybridized carbons (Fsp3) is 0.348. The number of esters is 1. The normalized spacial score (nSPS) is 24.0. The highest BCUT2D eigenvalue weighted by Gasteiger charge is 2.72. The van der Waals surface area contributed by atoms with Gasteiger partial charge in [0.2, 0.25) is 5.91 Å². The van der Waals surface area contributed by atoms with Crippen molar-refractivity contribution in [2.75, 3.05) is 6.61 Å². The standard InChI is InChI=1S/C23H23FN2O7S/c1-23(2)19(22(29)33-12-14-7-6-8-15(24)11-14)26-20(28)18(21(26)34(23,30)31)25-17(27)13-32-16-9-4-3-5-10-16/h3-11,18-19,21H,12-13H2,1-2H3,(H,25,27)/t18-,19+,21-/m1/s1. The van der Waals surface area contributed by atoms with Crippen LogP contribution in [0, 0.1) is 5.82 Å². The number of nitrogens with one attached hydrogen (secondary N) is 1. The lowest BCUT2D eigenvalue weighted by molar-refractivity contribution is -0.165. The van der Waals surface area contributed by atoms with E-state index in [0.717, 1.165) is 4.90 Å². The summed E-state index contributed by atoms with van der Waals surface area (Å²) in [7, 11) is -4.06. The lowest BCUT2D eigenvalue weighted by Crippen LogP contribution is -2.72. The summed E-state index contributed by atoms with van der Waals surface area (Å²) in [4.78, 5) is 38.9. The number of halogens is 1. The van der Waals surface area contributed by atoms with Gasteiger partial charge in [0, 0.05) is 0 Å². The van der Waals surface area contributed by atoms with Crippen molar-refractivity contribution in [2.45, 2.75) is 42.7 Å². The fourth-order valence-corrected chi connectivity index (χ4v) is 6.37. The minimum Gasteiger partial charge on any atom is -0.484 e. The van der Waals surface area contributed by atoms with Gasteiger partial charge in [-0.1, -0.05) is 30.3 Å². The average molecular weight is 491 g/mol. The van der Waals surface area contributed by atoms with Crippen molar-refractivity contribution in [3.05, 3.63) is 66.0 Å². The molecule has 0 aliphatic carbocycles. The molecule has 2 amide bonds. The number of carbonyl (C=O) groups excluding carboxylic acids is 3. The predicted molar refractivity (Wildman–Crippen MR) is 117 cm³/mol. The summed E-state index contributed by atoms with van der Waals surface area (Å²) in [6, 6.07) is 11.2. The number of sulfone groups is 1. The van der Waals surface area contributed by atoms with Gasteiger partial charge < -0.3 is 19.7 Å². The minimum absolute atomic E-state index is 0.285. The maximum atomic E-state index is 13.4. The zero-order valence-corrected chi connectivity index (χ0v) is 19.3. The van der Waals surface area contributed by atoms with E-state index in [1.165, 1.54) is 32.0 Å². The van der Waals surface area contributed by atoms with Crippen molar-refractivity contribution in [3.8, 4) is 5.75 Å². The first-order valence-corrected chi connectivity index (χ1v) is 12.0. The third-order valence-electron chi connectivity index (χ3n) is 5.99. The van der Waals surface area contributed by atoms with Gasteiger partial charge in [-0.3, -0.25) is 9.59 Å². The second-order valence-electron chi connectivity index (χ2n) is 8.57. The molecule has 4 rings (SSSR count). The second-order valence-corrected chi connectivity index (χ2v) is 11.2. The summed E-state index contributed by atoms with van der Waals surface area (Å²) < 4.78 is 48.7. The van der Waals surface area contributed by atoms with Crippen molar-refractivity contribution in [2.24, 2.45) is 0 Å². The van der Waals surface area contributed by atoms with Crippen LogP contribution in [0.2, 0.25) is 0 Å². The number of hydrogen-bond donors (Lipinski definition) is 1. The fourth-order valence-electron chi connectivity index (χ4n) is 4.16. The summed E-state index contributed by atoms with van der Waals surface area (Å²) in [6.07, 6.45) is 0. The van der Waals surface area contributed by atoms with Crippen molar-refractivity contribution < 1.29 is 36.7 Å². The molecular weight excluding hydrogens is 467 g/mol. The van der Waals surface area contributed by atoms with Gasteiger partial charge in [-0.05, 0) is 43.7 Å². The molecule has 2 aromatic carbocycles. The number of nitrogens with zero attached hydrogens (tertiary/aromatic N) is 1. The van der Waals surface area contributed by atoms with Crippen molar-refractivity contribution in [3.63, 3.8) is 0 Å². The summed E-state index contributed by atoms with van der Waals surface area (Å²) in [5.74, 6) is -2.38. The Labute approximate surface area is 195 Å². The quantitative estimate of drug-likeness (QED) is 0.457. The first kappa shape index (κ1) is 23.7. The molecule has 9 nitrogen and oxygen atoms in total. The SMILES string of the molecule is CC1(C)[C@H](C(=O)OCc2cccc(F)c2)N2C(=O)[C@@H](NC(=O)COc3ccccc3)[C@H]2S1(=O)=O. The molecule has 2 fully saturated rings. The van der Waals surface area contributed by atoms with E-state index >= 15 is 0 Å². The Kier molecular flexibility index (Phi) is 6.07. The molecule has 0 bridgehead atoms. The molecule has 2 saturated heterocycles. The van der Waals surface area contributed by atoms with Gasteiger partial charge in [0.05, 0.1) is 0 Å². The number of amides is 2. The molecule has 11 heteroatoms. The van der Waals surface area contributed by atoms with Crippen LogP contribution in [0.15, 0.2) is 54.6 Å². The van der Waals surface area contributed by atoms with Crippen LogP contribution >= 0.6 is 0 Å². The maximum Gasteiger partial charge on any atom is 0.330 e. The molecule has 2 aromatic rings. The third-order valence-corrected chi connectivity index (χ3v) is 8.82. The summed E-state index contributed by atoms with van der Waals surface area (Å²) in [5, 5.41) is 0.996. The molecule has 2 aliphatic rings. The number of rotatable bonds is 7. The van der Waals surface area contributed by atoms with Gasteiger partial charge >= 0.3 is 5.97 Å². The largest absolute Gasteiger partial charge is 0.484 e. The first-order valence-electron chi connectivity index (χ1n) is 10.5. The Morgan fingerprint density at radius 3 is 2.50 bits per heavy atom. The lowest BCUT2D eigenvalue weighted by Gasteiger charge is -2.42. The van der Waals surface area contributed by atoms with Gasteiger partial charge in [-0.15, -0.1) is 0 Å². The van der Waals surface area contributed by atoms with E-state index in [-0.39, 0.29) is 6.61 Å². The molecule has 34 heavy (non-hydrogen) atoms. The van der Waals surface area contributed by atoms with Crippen LogP contribution in [0.25, 0.3) is 0 Å². The molecule has 180 valence electrons. The van der Waals surface area contributed by atoms with Gasteiger partial charge in [0.1, 0.15) is 35.0 Å². The number of para-hydroxylation sites is 1. The number of carbonyl (C=O) groups is 3. The zero-order chi connectivity index (χ0) is 24.7. The highest BCUT2D eigenvalue weighted by Crippen LogP contribution is 2.46. The van der Waals surface area contributed by atoms with Gasteiger partial charge in [0.15, 0.2) is 21.8 Å². The van der Waals surface area contributed by atoms with Crippen LogP contribution < -0.4 is 10.1 Å². The minimum atomic E-state index is -4.06. The van der Waals surface area contributed by atoms with Gasteiger partial charge in [0.25, 0.3) is 5.91 Å². The molecule has 0 spiro atoms. The smallest absolute Gasteiger partial charge is 0.330 e. The van der Waals surface area contributed by atoms with Crippen molar-refractivity contribution in [1.82, 2.24) is 10.2 Å². The second kappa shape index (κ2) is 8.71. The van der Waals surface area contributed by atoms with E-state index in [9.17, 15) is 27.2 Å². The Morgan fingerprint density at radius 1 is 1.12 bits per heavy atom. The molecular formula is C23H23FN2O7S. The monoisotopic (exact) mass is 490 g/mol. The van der Waals surface area contributed by atoms with E-state index in [4.69, 9.17) is 9.47 Å². The van der Waals surface area contributed by atoms with Crippen LogP contribution in [0.1, 0.15) is 19.4 Å². The topological polar surface area (TPSA) is 119 Å². The molecule has 0 radical (unpaired) electrons. The molecule has 3 atom stereocenters. The summed E-state index contributed by atoms with van der Waals surface area (Å²) >= 11 is 0. The Hall–Kier alpha value is -3.47. The number of fused-ring (bicyclic) bond motifs is 1. The molecule has 2 aliphatic heterocycles. The number of β-lactam (4-membered cyclic amide) rings is 1. The van der Waals surface area contributed by atoms with Crippen molar-refractivity contribution >= 4 is 27.6 Å². The van der Waals surface area contributed by atoms with Crippen molar-refractivity contribution in [1.29, 1.82) is 0 Å². The molecule has 0 saturated carbocycles. The van der Waals surface area contributed by atoms with Crippen LogP contribution in [-0.4, -0.2) is 59.9 Å². The van der Waals surface area contributed by atoms with Crippen LogP contribution in [0.3, 0.4) is 0 Å². The maximum absolute atomic E-state index is 13.4. The van der Waals surface area contributed by atoms with Gasteiger partial charge in [-0.2, -0.15) is 0 Å². The predicted octanol–water partition coefficient (Wildman–Crippen LogP) is 1.18. The molecule has 1 N–H and O–H groups in total. The van der Waals surface area contributed by atoms with E-state index in [2.05, 4.69) is 5.32 Å². The number of hydrogen-bond acceptors (Lipinski definition) is 7. The zero-order valence-electron chi connectivity index (χ0n) is 18.4. The average Bonchev–Trinajstić information content (AvgIpc) is 2.94. The van der Waals surface area contributed by atoms with E-state index in [1.54, 1.807) is 36.4 Å². The van der Waals surface area contributed by atoms with E-state index in [0.29, 0.717) is 11.3 Å². The first-order chi connectivity index (χ1) is 16.0. The molecule has 0 aromatic heterocycles. The molecule has 0 unspecified atom stereocenters. The lowest BCUT2D eigenvalue weighted by atomic mass is 9.96. The highest BCUT2D eigenvalue weighted by molar-refractivity contribution is 7.94. The van der Waals surface area contributed by atoms with E-state index < -0.39 is 62.2 Å². The Balaban J connectivity index is 1.45. The highest BCUT2D eigenvalue weighted by atomic mass is 32.2. The Bertz CT molecular complexity index is 1230. The molecule has 2 heterocycles. The number of benzene rings is 2. The third kappa shape index (κ3) is 4.00. The van der Waals surface area contributed by atoms with Crippen LogP contribution in [0.5, 0.6) is 5.75 Å². The summed E-state index contributed by atoms with van der Waals surface area (Å²) in [6.45, 7) is 1.97.